The van der Waals surface area contributed by atoms with Gasteiger partial charge in [-0.15, -0.1) is 0 Å². The highest BCUT2D eigenvalue weighted by Gasteiger charge is 2.08. The smallest absolute Gasteiger partial charge is 0.221 e. The van der Waals surface area contributed by atoms with Crippen molar-refractivity contribution in [2.45, 2.75) is 33.2 Å². The van der Waals surface area contributed by atoms with Gasteiger partial charge in [-0.1, -0.05) is 0 Å². The van der Waals surface area contributed by atoms with Gasteiger partial charge in [-0.05, 0) is 39.0 Å². The molecule has 0 spiro atoms. The molecule has 0 unspecified atom stereocenters. The van der Waals surface area contributed by atoms with E-state index in [1.54, 1.807) is 12.1 Å². The van der Waals surface area contributed by atoms with E-state index in [0.29, 0.717) is 0 Å². The van der Waals surface area contributed by atoms with E-state index in [0.717, 1.165) is 18.8 Å². The number of amides is 1. The third-order valence-electron chi connectivity index (χ3n) is 2.39. The molecular formula is C14H22FN3O. The lowest BCUT2D eigenvalue weighted by atomic mass is 10.1. The van der Waals surface area contributed by atoms with Gasteiger partial charge in [0.15, 0.2) is 0 Å². The molecule has 1 aromatic rings. The molecule has 106 valence electrons. The molecule has 3 N–H and O–H groups in total. The molecule has 5 heteroatoms. The summed E-state index contributed by atoms with van der Waals surface area (Å²) in [6, 6.07) is 4.58. The molecule has 0 aliphatic carbocycles. The zero-order valence-corrected chi connectivity index (χ0v) is 11.9. The van der Waals surface area contributed by atoms with Crippen LogP contribution in [0.4, 0.5) is 15.8 Å². The maximum atomic E-state index is 13.4. The number of anilines is 2. The Morgan fingerprint density at radius 2 is 1.95 bits per heavy atom. The fourth-order valence-electron chi connectivity index (χ4n) is 1.57. The van der Waals surface area contributed by atoms with E-state index in [1.807, 2.05) is 0 Å². The van der Waals surface area contributed by atoms with Crippen molar-refractivity contribution in [3.63, 3.8) is 0 Å². The van der Waals surface area contributed by atoms with Gasteiger partial charge in [0.05, 0.1) is 5.69 Å². The van der Waals surface area contributed by atoms with E-state index in [1.165, 1.54) is 13.0 Å². The monoisotopic (exact) mass is 267 g/mol. The van der Waals surface area contributed by atoms with Gasteiger partial charge in [0.2, 0.25) is 5.91 Å². The van der Waals surface area contributed by atoms with Crippen LogP contribution in [0.5, 0.6) is 0 Å². The Morgan fingerprint density at radius 1 is 1.26 bits per heavy atom. The Labute approximate surface area is 113 Å². The maximum Gasteiger partial charge on any atom is 0.221 e. The minimum atomic E-state index is -0.437. The number of nitrogens with one attached hydrogen (secondary N) is 3. The first kappa shape index (κ1) is 15.4. The minimum Gasteiger partial charge on any atom is -0.384 e. The average molecular weight is 267 g/mol. The van der Waals surface area contributed by atoms with Crippen molar-refractivity contribution in [1.82, 2.24) is 5.32 Å². The molecule has 0 aromatic heterocycles. The predicted octanol–water partition coefficient (Wildman–Crippen LogP) is 2.58. The van der Waals surface area contributed by atoms with Crippen LogP contribution in [0.1, 0.15) is 27.7 Å². The number of benzene rings is 1. The minimum absolute atomic E-state index is 0.0752. The first-order valence-electron chi connectivity index (χ1n) is 6.34. The fourth-order valence-corrected chi connectivity index (χ4v) is 1.57. The molecule has 4 nitrogen and oxygen atoms in total. The second kappa shape index (κ2) is 6.52. The van der Waals surface area contributed by atoms with Crippen molar-refractivity contribution in [2.24, 2.45) is 0 Å². The number of halogens is 1. The molecule has 0 bridgehead atoms. The summed E-state index contributed by atoms with van der Waals surface area (Å²) < 4.78 is 13.4. The topological polar surface area (TPSA) is 53.2 Å². The van der Waals surface area contributed by atoms with Gasteiger partial charge in [0, 0.05) is 31.2 Å². The van der Waals surface area contributed by atoms with Gasteiger partial charge in [0.25, 0.3) is 0 Å². The number of carbonyl (C=O) groups excluding carboxylic acids is 1. The Bertz CT molecular complexity index is 441. The van der Waals surface area contributed by atoms with Crippen molar-refractivity contribution in [1.29, 1.82) is 0 Å². The van der Waals surface area contributed by atoms with E-state index in [2.05, 4.69) is 36.7 Å². The van der Waals surface area contributed by atoms with E-state index >= 15 is 0 Å². The predicted molar refractivity (Wildman–Crippen MR) is 76.9 cm³/mol. The van der Waals surface area contributed by atoms with E-state index in [-0.39, 0.29) is 17.1 Å². The van der Waals surface area contributed by atoms with Gasteiger partial charge in [0.1, 0.15) is 5.82 Å². The highest BCUT2D eigenvalue weighted by Crippen LogP contribution is 2.19. The molecule has 0 saturated carbocycles. The Kier molecular flexibility index (Phi) is 5.30. The summed E-state index contributed by atoms with van der Waals surface area (Å²) in [5.41, 5.74) is 1.05. The lowest BCUT2D eigenvalue weighted by Gasteiger charge is -2.20. The van der Waals surface area contributed by atoms with Crippen molar-refractivity contribution < 1.29 is 9.18 Å². The molecule has 1 amide bonds. The lowest BCUT2D eigenvalue weighted by Crippen LogP contribution is -2.38. The van der Waals surface area contributed by atoms with Crippen LogP contribution in [0.3, 0.4) is 0 Å². The largest absolute Gasteiger partial charge is 0.384 e. The second-order valence-corrected chi connectivity index (χ2v) is 5.48. The quantitative estimate of drug-likeness (QED) is 0.719. The van der Waals surface area contributed by atoms with Crippen LogP contribution in [-0.2, 0) is 4.79 Å². The van der Waals surface area contributed by atoms with Crippen LogP contribution < -0.4 is 16.0 Å². The Hall–Kier alpha value is -1.62. The zero-order valence-electron chi connectivity index (χ0n) is 11.9. The molecule has 0 saturated heterocycles. The summed E-state index contributed by atoms with van der Waals surface area (Å²) in [7, 11) is 0. The fraction of sp³-hybridized carbons (Fsp3) is 0.500. The van der Waals surface area contributed by atoms with Crippen LogP contribution in [-0.4, -0.2) is 24.5 Å². The normalized spacial score (nSPS) is 11.2. The summed E-state index contributed by atoms with van der Waals surface area (Å²) in [4.78, 5) is 10.9. The molecular weight excluding hydrogens is 245 g/mol. The SMILES string of the molecule is CC(=O)Nc1cc(NCCNC(C)(C)C)ccc1F. The summed E-state index contributed by atoms with van der Waals surface area (Å²) in [5, 5.41) is 8.98. The van der Waals surface area contributed by atoms with Gasteiger partial charge in [-0.2, -0.15) is 0 Å². The molecule has 0 aliphatic rings. The van der Waals surface area contributed by atoms with Crippen LogP contribution >= 0.6 is 0 Å². The van der Waals surface area contributed by atoms with Crippen LogP contribution in [0.15, 0.2) is 18.2 Å². The Morgan fingerprint density at radius 3 is 2.53 bits per heavy atom. The summed E-state index contributed by atoms with van der Waals surface area (Å²) in [6.45, 7) is 9.17. The highest BCUT2D eigenvalue weighted by molar-refractivity contribution is 5.89. The van der Waals surface area contributed by atoms with Gasteiger partial charge in [-0.3, -0.25) is 4.79 Å². The first-order valence-corrected chi connectivity index (χ1v) is 6.34. The van der Waals surface area contributed by atoms with Crippen molar-refractivity contribution >= 4 is 17.3 Å². The van der Waals surface area contributed by atoms with Crippen LogP contribution in [0, 0.1) is 5.82 Å². The van der Waals surface area contributed by atoms with Gasteiger partial charge < -0.3 is 16.0 Å². The molecule has 1 rings (SSSR count). The van der Waals surface area contributed by atoms with Crippen LogP contribution in [0.2, 0.25) is 0 Å². The zero-order chi connectivity index (χ0) is 14.5. The molecule has 1 aromatic carbocycles. The second-order valence-electron chi connectivity index (χ2n) is 5.48. The molecule has 0 heterocycles. The van der Waals surface area contributed by atoms with Crippen molar-refractivity contribution in [2.75, 3.05) is 23.7 Å². The maximum absolute atomic E-state index is 13.4. The van der Waals surface area contributed by atoms with Crippen LogP contribution in [0.25, 0.3) is 0 Å². The number of hydrogen-bond acceptors (Lipinski definition) is 3. The summed E-state index contributed by atoms with van der Waals surface area (Å²) in [5.74, 6) is -0.723. The number of rotatable bonds is 5. The molecule has 19 heavy (non-hydrogen) atoms. The van der Waals surface area contributed by atoms with Crippen molar-refractivity contribution in [3.05, 3.63) is 24.0 Å². The summed E-state index contributed by atoms with van der Waals surface area (Å²) >= 11 is 0. The molecule has 0 radical (unpaired) electrons. The van der Waals surface area contributed by atoms with Gasteiger partial charge >= 0.3 is 0 Å². The van der Waals surface area contributed by atoms with E-state index < -0.39 is 5.82 Å². The average Bonchev–Trinajstić information content (AvgIpc) is 2.26. The van der Waals surface area contributed by atoms with E-state index in [4.69, 9.17) is 0 Å². The third-order valence-corrected chi connectivity index (χ3v) is 2.39. The van der Waals surface area contributed by atoms with E-state index in [9.17, 15) is 9.18 Å². The first-order chi connectivity index (χ1) is 8.78. The number of hydrogen-bond donors (Lipinski definition) is 3. The third kappa shape index (κ3) is 6.20. The Balaban J connectivity index is 2.52. The molecule has 0 aliphatic heterocycles. The van der Waals surface area contributed by atoms with Gasteiger partial charge in [-0.25, -0.2) is 4.39 Å². The standard InChI is InChI=1S/C14H22FN3O/c1-10(19)18-13-9-11(5-6-12(13)15)16-7-8-17-14(2,3)4/h5-6,9,16-17H,7-8H2,1-4H3,(H,18,19). The molecule has 0 fully saturated rings. The number of carbonyl (C=O) groups is 1. The summed E-state index contributed by atoms with van der Waals surface area (Å²) in [6.07, 6.45) is 0. The highest BCUT2D eigenvalue weighted by atomic mass is 19.1. The lowest BCUT2D eigenvalue weighted by molar-refractivity contribution is -0.114. The van der Waals surface area contributed by atoms with Crippen molar-refractivity contribution in [3.8, 4) is 0 Å². The molecule has 0 atom stereocenters.